The fourth-order valence-electron chi connectivity index (χ4n) is 4.94. The highest BCUT2D eigenvalue weighted by atomic mass is 16.6. The van der Waals surface area contributed by atoms with Crippen molar-refractivity contribution in [3.05, 3.63) is 0 Å². The summed E-state index contributed by atoms with van der Waals surface area (Å²) in [5.41, 5.74) is 0. The van der Waals surface area contributed by atoms with E-state index in [0.717, 1.165) is 12.8 Å². The predicted molar refractivity (Wildman–Crippen MR) is 107 cm³/mol. The van der Waals surface area contributed by atoms with E-state index in [2.05, 4.69) is 0 Å². The van der Waals surface area contributed by atoms with Gasteiger partial charge < -0.3 is 43.0 Å². The van der Waals surface area contributed by atoms with Gasteiger partial charge in [-0.25, -0.2) is 0 Å². The molecular weight excluding hydrogens is 396 g/mol. The minimum absolute atomic E-state index is 0.0134. The molecule has 30 heavy (non-hydrogen) atoms. The Kier molecular flexibility index (Phi) is 10.7. The number of aliphatic hydroxyl groups is 1. The monoisotopic (exact) mass is 434 g/mol. The van der Waals surface area contributed by atoms with E-state index in [1.54, 1.807) is 14.2 Å². The third-order valence-electron chi connectivity index (χ3n) is 6.10. The van der Waals surface area contributed by atoms with Crippen LogP contribution in [-0.2, 0) is 37.9 Å². The normalized spacial score (nSPS) is 34.7. The zero-order valence-electron chi connectivity index (χ0n) is 18.2. The minimum Gasteiger partial charge on any atom is -0.394 e. The largest absolute Gasteiger partial charge is 0.394 e. The van der Waals surface area contributed by atoms with E-state index in [4.69, 9.17) is 37.9 Å². The molecule has 0 aromatic heterocycles. The fourth-order valence-corrected chi connectivity index (χ4v) is 4.94. The third-order valence-corrected chi connectivity index (χ3v) is 6.10. The van der Waals surface area contributed by atoms with E-state index >= 15 is 0 Å². The molecule has 176 valence electrons. The van der Waals surface area contributed by atoms with Gasteiger partial charge in [0.05, 0.1) is 90.5 Å². The van der Waals surface area contributed by atoms with Crippen molar-refractivity contribution in [2.24, 2.45) is 11.8 Å². The van der Waals surface area contributed by atoms with Gasteiger partial charge in [-0.2, -0.15) is 0 Å². The molecular formula is C21H38O9. The lowest BCUT2D eigenvalue weighted by atomic mass is 9.62. The molecule has 0 amide bonds. The number of rotatable bonds is 17. The van der Waals surface area contributed by atoms with Gasteiger partial charge in [0.1, 0.15) is 6.10 Å². The van der Waals surface area contributed by atoms with Crippen molar-refractivity contribution in [3.63, 3.8) is 0 Å². The molecule has 2 aliphatic heterocycles. The van der Waals surface area contributed by atoms with Gasteiger partial charge in [-0.1, -0.05) is 0 Å². The molecule has 7 unspecified atom stereocenters. The Bertz CT molecular complexity index is 432. The Labute approximate surface area is 179 Å². The van der Waals surface area contributed by atoms with Crippen molar-refractivity contribution in [1.82, 2.24) is 0 Å². The van der Waals surface area contributed by atoms with Gasteiger partial charge in [-0.15, -0.1) is 0 Å². The van der Waals surface area contributed by atoms with Crippen LogP contribution in [0.5, 0.6) is 0 Å². The van der Waals surface area contributed by atoms with E-state index in [1.807, 2.05) is 0 Å². The van der Waals surface area contributed by atoms with Crippen LogP contribution in [0, 0.1) is 11.8 Å². The molecule has 0 aromatic carbocycles. The molecule has 0 spiro atoms. The second kappa shape index (κ2) is 13.2. The highest BCUT2D eigenvalue weighted by molar-refractivity contribution is 5.09. The van der Waals surface area contributed by atoms with E-state index in [0.29, 0.717) is 52.9 Å². The van der Waals surface area contributed by atoms with Crippen LogP contribution >= 0.6 is 0 Å². The van der Waals surface area contributed by atoms with Gasteiger partial charge in [0.25, 0.3) is 0 Å². The van der Waals surface area contributed by atoms with Crippen molar-refractivity contribution < 1.29 is 43.0 Å². The smallest absolute Gasteiger partial charge is 0.111 e. The van der Waals surface area contributed by atoms with E-state index in [1.165, 1.54) is 0 Å². The maximum atomic E-state index is 9.26. The molecule has 2 heterocycles. The zero-order valence-corrected chi connectivity index (χ0v) is 18.2. The van der Waals surface area contributed by atoms with Crippen molar-refractivity contribution >= 4 is 0 Å². The summed E-state index contributed by atoms with van der Waals surface area (Å²) in [7, 11) is 3.31. The summed E-state index contributed by atoms with van der Waals surface area (Å²) >= 11 is 0. The third kappa shape index (κ3) is 6.34. The summed E-state index contributed by atoms with van der Waals surface area (Å²) in [5.74, 6) is 0.509. The molecule has 0 radical (unpaired) electrons. The highest BCUT2D eigenvalue weighted by Crippen LogP contribution is 2.51. The molecule has 2 aliphatic carbocycles. The first kappa shape index (κ1) is 24.3. The molecule has 4 aliphatic rings. The molecule has 2 saturated carbocycles. The van der Waals surface area contributed by atoms with Crippen LogP contribution in [0.3, 0.4) is 0 Å². The lowest BCUT2D eigenvalue weighted by Crippen LogP contribution is -2.69. The molecule has 7 atom stereocenters. The van der Waals surface area contributed by atoms with Crippen LogP contribution in [0.2, 0.25) is 0 Å². The Hall–Kier alpha value is -0.360. The van der Waals surface area contributed by atoms with Crippen LogP contribution in [0.1, 0.15) is 12.8 Å². The van der Waals surface area contributed by atoms with Gasteiger partial charge in [0.2, 0.25) is 0 Å². The van der Waals surface area contributed by atoms with Gasteiger partial charge in [0, 0.05) is 26.1 Å². The van der Waals surface area contributed by atoms with Gasteiger partial charge in [-0.3, -0.25) is 0 Å². The lowest BCUT2D eigenvalue weighted by molar-refractivity contribution is -0.314. The molecule has 9 nitrogen and oxygen atoms in total. The summed E-state index contributed by atoms with van der Waals surface area (Å²) in [5, 5.41) is 9.26. The average molecular weight is 435 g/mol. The van der Waals surface area contributed by atoms with Gasteiger partial charge in [-0.05, 0) is 12.8 Å². The maximum absolute atomic E-state index is 9.26. The van der Waals surface area contributed by atoms with Crippen molar-refractivity contribution in [3.8, 4) is 0 Å². The number of ether oxygens (including phenoxy) is 8. The van der Waals surface area contributed by atoms with E-state index in [9.17, 15) is 5.11 Å². The summed E-state index contributed by atoms with van der Waals surface area (Å²) in [6.07, 6.45) is 1.76. The zero-order chi connectivity index (χ0) is 21.2. The molecule has 4 fully saturated rings. The summed E-state index contributed by atoms with van der Waals surface area (Å²) in [4.78, 5) is 0. The molecule has 2 saturated heterocycles. The molecule has 4 bridgehead atoms. The lowest BCUT2D eigenvalue weighted by Gasteiger charge is -2.60. The number of hydrogen-bond acceptors (Lipinski definition) is 9. The van der Waals surface area contributed by atoms with Crippen LogP contribution in [0.15, 0.2) is 0 Å². The SMILES string of the molecule is COCCOCCOC1C2CC3CC1C(OCCOCCOC)C(O3)C2OCCO. The van der Waals surface area contributed by atoms with Crippen LogP contribution in [0.25, 0.3) is 0 Å². The Morgan fingerprint density at radius 1 is 0.667 bits per heavy atom. The van der Waals surface area contributed by atoms with Crippen molar-refractivity contribution in [2.75, 3.05) is 80.3 Å². The average Bonchev–Trinajstić information content (AvgIpc) is 2.75. The number of hydrogen-bond donors (Lipinski definition) is 1. The Morgan fingerprint density at radius 3 is 1.70 bits per heavy atom. The highest BCUT2D eigenvalue weighted by Gasteiger charge is 2.61. The maximum Gasteiger partial charge on any atom is 0.111 e. The summed E-state index contributed by atoms with van der Waals surface area (Å²) < 4.78 is 45.9. The molecule has 1 N–H and O–H groups in total. The first-order valence-corrected chi connectivity index (χ1v) is 11.0. The second-order valence-corrected chi connectivity index (χ2v) is 7.96. The Balaban J connectivity index is 1.55. The minimum atomic E-state index is -0.135. The van der Waals surface area contributed by atoms with E-state index < -0.39 is 0 Å². The standard InChI is InChI=1S/C21H38O9/c1-23-5-7-25-9-11-28-18-16-13-15-14-17(18)20(29-12-10-26-8-6-24-2)21(30-15)19(16)27-4-3-22/h15-22H,3-14H2,1-2H3. The summed E-state index contributed by atoms with van der Waals surface area (Å²) in [6, 6.07) is 0. The first-order chi connectivity index (χ1) is 14.8. The quantitative estimate of drug-likeness (QED) is 0.324. The van der Waals surface area contributed by atoms with Crippen LogP contribution < -0.4 is 0 Å². The topological polar surface area (TPSA) is 94.1 Å². The van der Waals surface area contributed by atoms with Crippen LogP contribution in [-0.4, -0.2) is 116 Å². The van der Waals surface area contributed by atoms with Crippen molar-refractivity contribution in [1.29, 1.82) is 0 Å². The van der Waals surface area contributed by atoms with Gasteiger partial charge in [0.15, 0.2) is 0 Å². The number of methoxy groups -OCH3 is 2. The summed E-state index contributed by atoms with van der Waals surface area (Å²) in [6.45, 7) is 4.58. The molecule has 0 aromatic rings. The first-order valence-electron chi connectivity index (χ1n) is 11.0. The number of aliphatic hydroxyl groups excluding tert-OH is 1. The van der Waals surface area contributed by atoms with E-state index in [-0.39, 0.29) is 55.6 Å². The van der Waals surface area contributed by atoms with Crippen LogP contribution in [0.4, 0.5) is 0 Å². The second-order valence-electron chi connectivity index (χ2n) is 7.96. The Morgan fingerprint density at radius 2 is 1.17 bits per heavy atom. The molecule has 9 heteroatoms. The predicted octanol–water partition coefficient (Wildman–Crippen LogP) is 0.268. The molecule has 4 rings (SSSR count). The van der Waals surface area contributed by atoms with Crippen molar-refractivity contribution in [2.45, 2.75) is 43.4 Å². The van der Waals surface area contributed by atoms with Gasteiger partial charge >= 0.3 is 0 Å². The fraction of sp³-hybridized carbons (Fsp3) is 1.00.